The van der Waals surface area contributed by atoms with Gasteiger partial charge in [0.25, 0.3) is 0 Å². The van der Waals surface area contributed by atoms with Crippen LogP contribution in [0.1, 0.15) is 24.0 Å². The van der Waals surface area contributed by atoms with Crippen LogP contribution >= 0.6 is 11.6 Å². The van der Waals surface area contributed by atoms with Crippen molar-refractivity contribution in [3.05, 3.63) is 41.0 Å². The summed E-state index contributed by atoms with van der Waals surface area (Å²) in [6.07, 6.45) is 0. The maximum absolute atomic E-state index is 10.9. The van der Waals surface area contributed by atoms with Gasteiger partial charge in [-0.3, -0.25) is 0 Å². The molecule has 3 heteroatoms. The number of carbonyl (C=O) groups is 1. The van der Waals surface area contributed by atoms with Crippen molar-refractivity contribution in [2.24, 2.45) is 0 Å². The van der Waals surface area contributed by atoms with Gasteiger partial charge in [-0.2, -0.15) is 0 Å². The summed E-state index contributed by atoms with van der Waals surface area (Å²) in [4.78, 5) is 10.9. The minimum Gasteiger partial charge on any atom is -0.478 e. The lowest BCUT2D eigenvalue weighted by Gasteiger charge is -2.05. The number of carboxylic acids is 1. The van der Waals surface area contributed by atoms with E-state index in [1.165, 1.54) is 0 Å². The average molecular weight is 209 g/mol. The van der Waals surface area contributed by atoms with Crippen LogP contribution in [0.25, 0.3) is 5.03 Å². The van der Waals surface area contributed by atoms with Crippen molar-refractivity contribution < 1.29 is 9.90 Å². The summed E-state index contributed by atoms with van der Waals surface area (Å²) in [7, 11) is 0. The fourth-order valence-electron chi connectivity index (χ4n) is 1.84. The molecule has 2 nitrogen and oxygen atoms in total. The van der Waals surface area contributed by atoms with E-state index < -0.39 is 5.97 Å². The van der Waals surface area contributed by atoms with Gasteiger partial charge in [-0.15, -0.1) is 0 Å². The molecule has 0 aromatic heterocycles. The first kappa shape index (κ1) is 9.28. The Balaban J connectivity index is 2.62. The molecule has 0 saturated heterocycles. The first-order chi connectivity index (χ1) is 6.63. The summed E-state index contributed by atoms with van der Waals surface area (Å²) < 4.78 is 0. The molecule has 1 N–H and O–H groups in total. The Bertz CT molecular complexity index is 435. The predicted octanol–water partition coefficient (Wildman–Crippen LogP) is 2.84. The molecule has 1 atom stereocenters. The van der Waals surface area contributed by atoms with Crippen LogP contribution in [0.15, 0.2) is 29.8 Å². The molecule has 0 spiro atoms. The molecule has 0 heterocycles. The number of hydrogen-bond donors (Lipinski definition) is 1. The molecule has 2 rings (SSSR count). The number of carboxylic acid groups (broad SMARTS) is 1. The van der Waals surface area contributed by atoms with E-state index in [9.17, 15) is 4.79 Å². The maximum atomic E-state index is 10.9. The second kappa shape index (κ2) is 3.14. The van der Waals surface area contributed by atoms with Gasteiger partial charge in [-0.25, -0.2) is 4.79 Å². The Morgan fingerprint density at radius 1 is 1.43 bits per heavy atom. The molecule has 1 aromatic carbocycles. The molecule has 0 fully saturated rings. The van der Waals surface area contributed by atoms with Gasteiger partial charge in [0, 0.05) is 5.92 Å². The third kappa shape index (κ3) is 1.15. The number of halogens is 1. The molecular weight excluding hydrogens is 200 g/mol. The zero-order valence-electron chi connectivity index (χ0n) is 7.62. The van der Waals surface area contributed by atoms with Crippen LogP contribution in [0.4, 0.5) is 0 Å². The summed E-state index contributed by atoms with van der Waals surface area (Å²) in [5.41, 5.74) is 2.14. The molecule has 14 heavy (non-hydrogen) atoms. The minimum atomic E-state index is -0.932. The molecule has 0 amide bonds. The fourth-order valence-corrected chi connectivity index (χ4v) is 2.26. The topological polar surface area (TPSA) is 37.3 Å². The highest BCUT2D eigenvalue weighted by Crippen LogP contribution is 2.43. The zero-order valence-corrected chi connectivity index (χ0v) is 8.38. The van der Waals surface area contributed by atoms with Crippen molar-refractivity contribution in [2.75, 3.05) is 0 Å². The molecule has 1 aliphatic carbocycles. The Kier molecular flexibility index (Phi) is 2.08. The Morgan fingerprint density at radius 3 is 2.64 bits per heavy atom. The van der Waals surface area contributed by atoms with Gasteiger partial charge in [0.05, 0.1) is 10.6 Å². The van der Waals surface area contributed by atoms with Gasteiger partial charge in [0.1, 0.15) is 0 Å². The smallest absolute Gasteiger partial charge is 0.333 e. The molecule has 1 aliphatic rings. The third-order valence-corrected chi connectivity index (χ3v) is 2.97. The first-order valence-electron chi connectivity index (χ1n) is 4.35. The molecule has 0 bridgehead atoms. The van der Waals surface area contributed by atoms with Gasteiger partial charge >= 0.3 is 5.97 Å². The van der Waals surface area contributed by atoms with Crippen molar-refractivity contribution >= 4 is 22.6 Å². The lowest BCUT2D eigenvalue weighted by Crippen LogP contribution is -2.04. The molecule has 0 aliphatic heterocycles. The lowest BCUT2D eigenvalue weighted by atomic mass is 9.98. The summed E-state index contributed by atoms with van der Waals surface area (Å²) in [6, 6.07) is 7.52. The van der Waals surface area contributed by atoms with Crippen LogP contribution in [-0.4, -0.2) is 11.1 Å². The van der Waals surface area contributed by atoms with E-state index in [1.54, 1.807) is 0 Å². The molecule has 1 unspecified atom stereocenters. The van der Waals surface area contributed by atoms with E-state index >= 15 is 0 Å². The van der Waals surface area contributed by atoms with E-state index in [2.05, 4.69) is 0 Å². The molecule has 72 valence electrons. The predicted molar refractivity (Wildman–Crippen MR) is 55.3 cm³/mol. The third-order valence-electron chi connectivity index (χ3n) is 2.56. The van der Waals surface area contributed by atoms with Gasteiger partial charge in [0.15, 0.2) is 0 Å². The van der Waals surface area contributed by atoms with E-state index in [4.69, 9.17) is 16.7 Å². The average Bonchev–Trinajstić information content (AvgIpc) is 2.41. The van der Waals surface area contributed by atoms with Crippen molar-refractivity contribution in [2.45, 2.75) is 12.8 Å². The van der Waals surface area contributed by atoms with Gasteiger partial charge in [-0.05, 0) is 11.1 Å². The number of hydrogen-bond acceptors (Lipinski definition) is 1. The fraction of sp³-hybridized carbons (Fsp3) is 0.182. The molecule has 0 radical (unpaired) electrons. The van der Waals surface area contributed by atoms with Gasteiger partial charge < -0.3 is 5.11 Å². The quantitative estimate of drug-likeness (QED) is 0.771. The summed E-state index contributed by atoms with van der Waals surface area (Å²) in [6.45, 7) is 1.86. The number of fused-ring (bicyclic) bond motifs is 1. The van der Waals surface area contributed by atoms with Crippen LogP contribution in [0, 0.1) is 0 Å². The van der Waals surface area contributed by atoms with Crippen LogP contribution < -0.4 is 0 Å². The second-order valence-electron chi connectivity index (χ2n) is 3.34. The zero-order chi connectivity index (χ0) is 10.3. The van der Waals surface area contributed by atoms with Crippen molar-refractivity contribution in [3.8, 4) is 0 Å². The number of aliphatic carboxylic acids is 1. The van der Waals surface area contributed by atoms with Gasteiger partial charge in [-0.1, -0.05) is 42.8 Å². The maximum Gasteiger partial charge on any atom is 0.333 e. The minimum absolute atomic E-state index is 0.115. The molecule has 1 aromatic rings. The van der Waals surface area contributed by atoms with Crippen molar-refractivity contribution in [3.63, 3.8) is 0 Å². The van der Waals surface area contributed by atoms with Crippen molar-refractivity contribution in [1.82, 2.24) is 0 Å². The van der Waals surface area contributed by atoms with Crippen LogP contribution in [0.3, 0.4) is 0 Å². The number of rotatable bonds is 1. The SMILES string of the molecule is CC1C(C(=O)O)=C(Cl)c2ccccc21. The van der Waals surface area contributed by atoms with Crippen LogP contribution in [0.2, 0.25) is 0 Å². The van der Waals surface area contributed by atoms with Crippen LogP contribution in [-0.2, 0) is 4.79 Å². The van der Waals surface area contributed by atoms with Crippen LogP contribution in [0.5, 0.6) is 0 Å². The second-order valence-corrected chi connectivity index (χ2v) is 3.72. The summed E-state index contributed by atoms with van der Waals surface area (Å²) in [5.74, 6) is -1.05. The Labute approximate surface area is 86.8 Å². The highest BCUT2D eigenvalue weighted by molar-refractivity contribution is 6.51. The number of benzene rings is 1. The van der Waals surface area contributed by atoms with E-state index in [-0.39, 0.29) is 5.92 Å². The Hall–Kier alpha value is -1.28. The van der Waals surface area contributed by atoms with E-state index in [1.807, 2.05) is 31.2 Å². The summed E-state index contributed by atoms with van der Waals surface area (Å²) >= 11 is 6.00. The van der Waals surface area contributed by atoms with E-state index in [0.717, 1.165) is 11.1 Å². The van der Waals surface area contributed by atoms with Gasteiger partial charge in [0.2, 0.25) is 0 Å². The normalized spacial score (nSPS) is 19.7. The highest BCUT2D eigenvalue weighted by atomic mass is 35.5. The first-order valence-corrected chi connectivity index (χ1v) is 4.73. The van der Waals surface area contributed by atoms with E-state index in [0.29, 0.717) is 10.6 Å². The Morgan fingerprint density at radius 2 is 2.07 bits per heavy atom. The monoisotopic (exact) mass is 208 g/mol. The highest BCUT2D eigenvalue weighted by Gasteiger charge is 2.30. The largest absolute Gasteiger partial charge is 0.478 e. The molecule has 0 saturated carbocycles. The van der Waals surface area contributed by atoms with Crippen molar-refractivity contribution in [1.29, 1.82) is 0 Å². The lowest BCUT2D eigenvalue weighted by molar-refractivity contribution is -0.132. The summed E-state index contributed by atoms with van der Waals surface area (Å²) in [5, 5.41) is 9.36. The standard InChI is InChI=1S/C11H9ClO2/c1-6-7-4-2-3-5-8(7)10(12)9(6)11(13)14/h2-6H,1H3,(H,13,14). The molecular formula is C11H9ClO2.